The van der Waals surface area contributed by atoms with E-state index in [9.17, 15) is 14.7 Å². The summed E-state index contributed by atoms with van der Waals surface area (Å²) in [5.41, 5.74) is -0.537. The zero-order valence-corrected chi connectivity index (χ0v) is 19.1. The average Bonchev–Trinajstić information content (AvgIpc) is 3.05. The zero-order valence-electron chi connectivity index (χ0n) is 19.1. The van der Waals surface area contributed by atoms with E-state index in [2.05, 4.69) is 19.1 Å². The molecule has 30 heavy (non-hydrogen) atoms. The maximum atomic E-state index is 12.0. The first-order chi connectivity index (χ1) is 14.5. The van der Waals surface area contributed by atoms with E-state index >= 15 is 0 Å². The molecule has 0 aliphatic carbocycles. The normalized spacial score (nSPS) is 20.2. The molecule has 1 fully saturated rings. The minimum absolute atomic E-state index is 0.103. The Morgan fingerprint density at radius 3 is 2.13 bits per heavy atom. The predicted octanol–water partition coefficient (Wildman–Crippen LogP) is 5.80. The lowest BCUT2D eigenvalue weighted by molar-refractivity contribution is -0.164. The van der Waals surface area contributed by atoms with Crippen molar-refractivity contribution < 1.29 is 24.2 Å². The molecule has 1 N–H and O–H groups in total. The van der Waals surface area contributed by atoms with Crippen LogP contribution in [0.1, 0.15) is 104 Å². The van der Waals surface area contributed by atoms with Gasteiger partial charge in [-0.05, 0) is 38.5 Å². The molecule has 1 heterocycles. The van der Waals surface area contributed by atoms with Gasteiger partial charge in [0.05, 0.1) is 6.61 Å². The fourth-order valence-corrected chi connectivity index (χ4v) is 3.64. The molecule has 5 nitrogen and oxygen atoms in total. The molecule has 172 valence electrons. The van der Waals surface area contributed by atoms with Gasteiger partial charge in [0.2, 0.25) is 0 Å². The number of cyclic esters (lactones) is 1. The van der Waals surface area contributed by atoms with Crippen LogP contribution in [0.2, 0.25) is 0 Å². The first-order valence-electron chi connectivity index (χ1n) is 11.8. The van der Waals surface area contributed by atoms with Crippen molar-refractivity contribution in [2.75, 3.05) is 13.2 Å². The van der Waals surface area contributed by atoms with Crippen molar-refractivity contribution in [2.24, 2.45) is 0 Å². The summed E-state index contributed by atoms with van der Waals surface area (Å²) in [5, 5.41) is 9.57. The highest BCUT2D eigenvalue weighted by atomic mass is 16.6. The molecule has 0 spiro atoms. The lowest BCUT2D eigenvalue weighted by atomic mass is 9.98. The molecule has 0 aromatic carbocycles. The molecule has 0 amide bonds. The summed E-state index contributed by atoms with van der Waals surface area (Å²) in [5.74, 6) is -0.861. The van der Waals surface area contributed by atoms with Crippen molar-refractivity contribution in [1.82, 2.24) is 0 Å². The summed E-state index contributed by atoms with van der Waals surface area (Å²) >= 11 is 0. The maximum absolute atomic E-state index is 12.0. The predicted molar refractivity (Wildman–Crippen MR) is 120 cm³/mol. The van der Waals surface area contributed by atoms with Gasteiger partial charge in [0.25, 0.3) is 0 Å². The van der Waals surface area contributed by atoms with Crippen LogP contribution in [-0.2, 0) is 19.1 Å². The van der Waals surface area contributed by atoms with Crippen LogP contribution in [0.4, 0.5) is 0 Å². The number of unbranched alkanes of at least 4 members (excludes halogenated alkanes) is 11. The highest BCUT2D eigenvalue weighted by Crippen LogP contribution is 2.31. The zero-order chi connectivity index (χ0) is 22.1. The number of carbonyl (C=O) groups excluding carboxylic acids is 2. The largest absolute Gasteiger partial charge is 0.462 e. The molecule has 1 rings (SSSR count). The molecule has 0 aromatic rings. The molecule has 0 bridgehead atoms. The van der Waals surface area contributed by atoms with E-state index in [0.717, 1.165) is 25.7 Å². The summed E-state index contributed by atoms with van der Waals surface area (Å²) in [6.45, 7) is 3.09. The Hall–Kier alpha value is -1.62. The number of carbonyl (C=O) groups is 2. The lowest BCUT2D eigenvalue weighted by Gasteiger charge is -2.23. The van der Waals surface area contributed by atoms with Crippen LogP contribution in [0.5, 0.6) is 0 Å². The van der Waals surface area contributed by atoms with Crippen LogP contribution in [0, 0.1) is 0 Å². The highest BCUT2D eigenvalue weighted by Gasteiger charge is 2.44. The van der Waals surface area contributed by atoms with Crippen molar-refractivity contribution in [1.29, 1.82) is 0 Å². The highest BCUT2D eigenvalue weighted by molar-refractivity contribution is 5.91. The molecule has 5 heteroatoms. The smallest absolute Gasteiger partial charge is 0.334 e. The van der Waals surface area contributed by atoms with Crippen LogP contribution in [0.25, 0.3) is 0 Å². The first kappa shape index (κ1) is 26.4. The van der Waals surface area contributed by atoms with Crippen LogP contribution in [-0.4, -0.2) is 35.9 Å². The third kappa shape index (κ3) is 11.5. The van der Waals surface area contributed by atoms with Crippen molar-refractivity contribution in [3.63, 3.8) is 0 Å². The Labute approximate surface area is 182 Å². The van der Waals surface area contributed by atoms with Gasteiger partial charge < -0.3 is 14.6 Å². The molecule has 0 radical (unpaired) electrons. The number of hydrogen-bond acceptors (Lipinski definition) is 5. The Morgan fingerprint density at radius 1 is 1.00 bits per heavy atom. The SMILES string of the molecule is CCCCCCCC/C=C\CCCCCC/C=C1\C[C@@](CO)(COC(C)=O)OC1=O. The van der Waals surface area contributed by atoms with Crippen LogP contribution in [0.15, 0.2) is 23.8 Å². The topological polar surface area (TPSA) is 72.8 Å². The van der Waals surface area contributed by atoms with Crippen molar-refractivity contribution >= 4 is 11.9 Å². The van der Waals surface area contributed by atoms with Gasteiger partial charge in [0, 0.05) is 18.9 Å². The number of ether oxygens (including phenoxy) is 2. The molecule has 1 aliphatic heterocycles. The van der Waals surface area contributed by atoms with E-state index < -0.39 is 17.5 Å². The molecule has 1 aliphatic rings. The molecule has 1 atom stereocenters. The van der Waals surface area contributed by atoms with E-state index in [-0.39, 0.29) is 13.2 Å². The molecular formula is C25H42O5. The fraction of sp³-hybridized carbons (Fsp3) is 0.760. The molecule has 1 saturated heterocycles. The third-order valence-corrected chi connectivity index (χ3v) is 5.52. The summed E-state index contributed by atoms with van der Waals surface area (Å²) < 4.78 is 10.2. The number of allylic oxidation sites excluding steroid dienone is 3. The minimum Gasteiger partial charge on any atom is -0.462 e. The minimum atomic E-state index is -1.11. The Bertz CT molecular complexity index is 552. The Morgan fingerprint density at radius 2 is 1.57 bits per heavy atom. The van der Waals surface area contributed by atoms with Gasteiger partial charge in [0.1, 0.15) is 6.61 Å². The second-order valence-electron chi connectivity index (χ2n) is 8.44. The second-order valence-corrected chi connectivity index (χ2v) is 8.44. The Kier molecular flexibility index (Phi) is 14.2. The van der Waals surface area contributed by atoms with Crippen molar-refractivity contribution in [3.05, 3.63) is 23.8 Å². The number of rotatable bonds is 17. The first-order valence-corrected chi connectivity index (χ1v) is 11.8. The fourth-order valence-electron chi connectivity index (χ4n) is 3.64. The van der Waals surface area contributed by atoms with E-state index in [0.29, 0.717) is 12.0 Å². The lowest BCUT2D eigenvalue weighted by Crippen LogP contribution is -2.39. The van der Waals surface area contributed by atoms with E-state index in [1.807, 2.05) is 6.08 Å². The summed E-state index contributed by atoms with van der Waals surface area (Å²) in [6, 6.07) is 0. The van der Waals surface area contributed by atoms with Crippen molar-refractivity contribution in [3.8, 4) is 0 Å². The quantitative estimate of drug-likeness (QED) is 0.139. The Balaban J connectivity index is 2.07. The summed E-state index contributed by atoms with van der Waals surface area (Å²) in [4.78, 5) is 23.0. The van der Waals surface area contributed by atoms with Crippen LogP contribution < -0.4 is 0 Å². The van der Waals surface area contributed by atoms with Crippen LogP contribution >= 0.6 is 0 Å². The molecule has 0 saturated carbocycles. The number of esters is 2. The summed E-state index contributed by atoms with van der Waals surface area (Å²) in [6.07, 6.45) is 22.7. The maximum Gasteiger partial charge on any atom is 0.334 e. The van der Waals surface area contributed by atoms with E-state index in [1.54, 1.807) is 0 Å². The number of hydrogen-bond donors (Lipinski definition) is 1. The molecular weight excluding hydrogens is 380 g/mol. The third-order valence-electron chi connectivity index (χ3n) is 5.52. The molecule has 0 aromatic heterocycles. The van der Waals surface area contributed by atoms with Crippen LogP contribution in [0.3, 0.4) is 0 Å². The van der Waals surface area contributed by atoms with Gasteiger partial charge in [-0.15, -0.1) is 0 Å². The van der Waals surface area contributed by atoms with Gasteiger partial charge in [-0.3, -0.25) is 4.79 Å². The van der Waals surface area contributed by atoms with Crippen molar-refractivity contribution in [2.45, 2.75) is 109 Å². The van der Waals surface area contributed by atoms with E-state index in [4.69, 9.17) is 9.47 Å². The van der Waals surface area contributed by atoms with Gasteiger partial charge >= 0.3 is 11.9 Å². The second kappa shape index (κ2) is 16.1. The average molecular weight is 423 g/mol. The number of aliphatic hydroxyl groups excluding tert-OH is 1. The van der Waals surface area contributed by atoms with Gasteiger partial charge in [-0.1, -0.05) is 70.1 Å². The van der Waals surface area contributed by atoms with E-state index in [1.165, 1.54) is 64.7 Å². The monoisotopic (exact) mass is 422 g/mol. The van der Waals surface area contributed by atoms with Gasteiger partial charge in [-0.25, -0.2) is 4.79 Å². The summed E-state index contributed by atoms with van der Waals surface area (Å²) in [7, 11) is 0. The standard InChI is InChI=1S/C25H42O5/c1-3-4-5-6-7-8-9-10-11-12-13-14-15-16-17-18-23-19-25(20-26,30-24(23)28)21-29-22(2)27/h10-11,18,26H,3-9,12-17,19-21H2,1-2H3/b11-10-,23-18+/t25-/m1/s1. The van der Waals surface area contributed by atoms with Gasteiger partial charge in [-0.2, -0.15) is 0 Å². The molecule has 0 unspecified atom stereocenters. The van der Waals surface area contributed by atoms with Gasteiger partial charge in [0.15, 0.2) is 5.60 Å². The number of aliphatic hydroxyl groups is 1.